The molecule has 2 fully saturated rings. The summed E-state index contributed by atoms with van der Waals surface area (Å²) in [5.74, 6) is 2.06. The third kappa shape index (κ3) is 2.46. The number of hydrogen-bond donors (Lipinski definition) is 1. The average molecular weight is 181 g/mol. The van der Waals surface area contributed by atoms with Crippen molar-refractivity contribution in [2.24, 2.45) is 11.8 Å². The Balaban J connectivity index is 1.84. The van der Waals surface area contributed by atoms with Gasteiger partial charge in [0.1, 0.15) is 0 Å². The molecule has 13 heavy (non-hydrogen) atoms. The summed E-state index contributed by atoms with van der Waals surface area (Å²) in [5.41, 5.74) is 0. The third-order valence-corrected chi connectivity index (χ3v) is 3.95. The Morgan fingerprint density at radius 1 is 0.923 bits per heavy atom. The molecule has 2 aliphatic rings. The van der Waals surface area contributed by atoms with Gasteiger partial charge in [0.05, 0.1) is 0 Å². The average Bonchev–Trinajstić information content (AvgIpc) is 2.43. The third-order valence-electron chi connectivity index (χ3n) is 3.95. The lowest BCUT2D eigenvalue weighted by Gasteiger charge is -2.20. The van der Waals surface area contributed by atoms with Gasteiger partial charge in [-0.1, -0.05) is 38.5 Å². The molecule has 76 valence electrons. The van der Waals surface area contributed by atoms with Gasteiger partial charge in [-0.25, -0.2) is 0 Å². The van der Waals surface area contributed by atoms with E-state index in [1.54, 1.807) is 0 Å². The summed E-state index contributed by atoms with van der Waals surface area (Å²) in [6.45, 7) is 3.63. The zero-order valence-electron chi connectivity index (χ0n) is 8.89. The van der Waals surface area contributed by atoms with E-state index in [9.17, 15) is 0 Å². The van der Waals surface area contributed by atoms with Gasteiger partial charge < -0.3 is 5.32 Å². The van der Waals surface area contributed by atoms with Crippen LogP contribution in [0.5, 0.6) is 0 Å². The van der Waals surface area contributed by atoms with Crippen molar-refractivity contribution >= 4 is 0 Å². The van der Waals surface area contributed by atoms with Gasteiger partial charge in [-0.05, 0) is 31.7 Å². The van der Waals surface area contributed by atoms with Crippen molar-refractivity contribution in [3.63, 3.8) is 0 Å². The molecule has 0 amide bonds. The van der Waals surface area contributed by atoms with Gasteiger partial charge in [-0.15, -0.1) is 0 Å². The Kier molecular flexibility index (Phi) is 3.26. The van der Waals surface area contributed by atoms with Crippen molar-refractivity contribution in [1.29, 1.82) is 0 Å². The zero-order valence-corrected chi connectivity index (χ0v) is 8.89. The van der Waals surface area contributed by atoms with Gasteiger partial charge in [0, 0.05) is 6.04 Å². The van der Waals surface area contributed by atoms with Crippen LogP contribution in [-0.4, -0.2) is 12.6 Å². The first-order valence-corrected chi connectivity index (χ1v) is 6.09. The zero-order chi connectivity index (χ0) is 9.10. The molecule has 1 aliphatic heterocycles. The molecule has 1 saturated carbocycles. The van der Waals surface area contributed by atoms with Gasteiger partial charge in [0.2, 0.25) is 0 Å². The highest BCUT2D eigenvalue weighted by molar-refractivity contribution is 4.83. The Morgan fingerprint density at radius 3 is 2.15 bits per heavy atom. The maximum Gasteiger partial charge on any atom is 0.00420 e. The minimum absolute atomic E-state index is 0.785. The van der Waals surface area contributed by atoms with Crippen molar-refractivity contribution in [2.45, 2.75) is 57.9 Å². The molecule has 1 saturated heterocycles. The largest absolute Gasteiger partial charge is 0.314 e. The van der Waals surface area contributed by atoms with Crippen LogP contribution in [0.15, 0.2) is 0 Å². The second-order valence-electron chi connectivity index (χ2n) is 5.06. The highest BCUT2D eigenvalue weighted by atomic mass is 14.9. The van der Waals surface area contributed by atoms with Gasteiger partial charge in [-0.2, -0.15) is 0 Å². The summed E-state index contributed by atoms with van der Waals surface area (Å²) in [6, 6.07) is 0.785. The van der Waals surface area contributed by atoms with Crippen LogP contribution >= 0.6 is 0 Å². The Labute approximate surface area is 82.3 Å². The number of nitrogens with one attached hydrogen (secondary N) is 1. The fourth-order valence-electron chi connectivity index (χ4n) is 3.11. The van der Waals surface area contributed by atoms with E-state index in [1.807, 2.05) is 0 Å². The first-order valence-electron chi connectivity index (χ1n) is 6.09. The van der Waals surface area contributed by atoms with E-state index in [-0.39, 0.29) is 0 Å². The summed E-state index contributed by atoms with van der Waals surface area (Å²) >= 11 is 0. The van der Waals surface area contributed by atoms with Crippen molar-refractivity contribution in [2.75, 3.05) is 6.54 Å². The monoisotopic (exact) mass is 181 g/mol. The molecule has 2 atom stereocenters. The van der Waals surface area contributed by atoms with E-state index in [2.05, 4.69) is 12.2 Å². The maximum absolute atomic E-state index is 3.59. The Hall–Kier alpha value is -0.0400. The minimum Gasteiger partial charge on any atom is -0.314 e. The molecule has 0 spiro atoms. The molecular weight excluding hydrogens is 158 g/mol. The number of hydrogen-bond acceptors (Lipinski definition) is 1. The standard InChI is InChI=1S/C12H23N/c1-10-8-12(9-13-10)11-6-4-2-3-5-7-11/h10-13H,2-9H2,1H3. The first-order chi connectivity index (χ1) is 6.36. The predicted molar refractivity (Wildman–Crippen MR) is 56.8 cm³/mol. The van der Waals surface area contributed by atoms with Crippen LogP contribution in [0.3, 0.4) is 0 Å². The van der Waals surface area contributed by atoms with E-state index in [1.165, 1.54) is 51.5 Å². The topological polar surface area (TPSA) is 12.0 Å². The van der Waals surface area contributed by atoms with Crippen LogP contribution < -0.4 is 5.32 Å². The molecule has 2 unspecified atom stereocenters. The van der Waals surface area contributed by atoms with E-state index < -0.39 is 0 Å². The number of rotatable bonds is 1. The fraction of sp³-hybridized carbons (Fsp3) is 1.00. The molecule has 1 heterocycles. The SMILES string of the molecule is CC1CC(C2CCCCCC2)CN1. The van der Waals surface area contributed by atoms with Gasteiger partial charge >= 0.3 is 0 Å². The van der Waals surface area contributed by atoms with Crippen LogP contribution in [0, 0.1) is 11.8 Å². The molecule has 2 rings (SSSR count). The second kappa shape index (κ2) is 4.45. The molecule has 1 nitrogen and oxygen atoms in total. The van der Waals surface area contributed by atoms with Crippen LogP contribution in [-0.2, 0) is 0 Å². The van der Waals surface area contributed by atoms with E-state index in [4.69, 9.17) is 0 Å². The van der Waals surface area contributed by atoms with Crippen molar-refractivity contribution in [3.8, 4) is 0 Å². The molecule has 0 aromatic carbocycles. The summed E-state index contributed by atoms with van der Waals surface area (Å²) < 4.78 is 0. The van der Waals surface area contributed by atoms with Gasteiger partial charge in [0.15, 0.2) is 0 Å². The smallest absolute Gasteiger partial charge is 0.00420 e. The minimum atomic E-state index is 0.785. The maximum atomic E-state index is 3.59. The van der Waals surface area contributed by atoms with E-state index >= 15 is 0 Å². The molecule has 0 aromatic rings. The first kappa shape index (κ1) is 9.51. The lowest BCUT2D eigenvalue weighted by molar-refractivity contribution is 0.316. The fourth-order valence-corrected chi connectivity index (χ4v) is 3.11. The summed E-state index contributed by atoms with van der Waals surface area (Å²) in [7, 11) is 0. The summed E-state index contributed by atoms with van der Waals surface area (Å²) in [5, 5.41) is 3.59. The Morgan fingerprint density at radius 2 is 1.62 bits per heavy atom. The summed E-state index contributed by atoms with van der Waals surface area (Å²) in [6.07, 6.45) is 10.4. The van der Waals surface area contributed by atoms with E-state index in [0.717, 1.165) is 17.9 Å². The summed E-state index contributed by atoms with van der Waals surface area (Å²) in [4.78, 5) is 0. The lowest BCUT2D eigenvalue weighted by Crippen LogP contribution is -2.19. The van der Waals surface area contributed by atoms with Crippen LogP contribution in [0.25, 0.3) is 0 Å². The van der Waals surface area contributed by atoms with Gasteiger partial charge in [-0.3, -0.25) is 0 Å². The molecule has 0 radical (unpaired) electrons. The predicted octanol–water partition coefficient (Wildman–Crippen LogP) is 2.95. The van der Waals surface area contributed by atoms with Crippen molar-refractivity contribution in [3.05, 3.63) is 0 Å². The molecule has 0 aromatic heterocycles. The Bertz CT molecular complexity index is 147. The second-order valence-corrected chi connectivity index (χ2v) is 5.06. The highest BCUT2D eigenvalue weighted by Crippen LogP contribution is 2.33. The van der Waals surface area contributed by atoms with E-state index in [0.29, 0.717) is 0 Å². The lowest BCUT2D eigenvalue weighted by atomic mass is 9.85. The van der Waals surface area contributed by atoms with Gasteiger partial charge in [0.25, 0.3) is 0 Å². The molecule has 1 heteroatoms. The molecular formula is C12H23N. The van der Waals surface area contributed by atoms with Crippen LogP contribution in [0.1, 0.15) is 51.9 Å². The van der Waals surface area contributed by atoms with Crippen LogP contribution in [0.2, 0.25) is 0 Å². The normalized spacial score (nSPS) is 37.6. The highest BCUT2D eigenvalue weighted by Gasteiger charge is 2.28. The van der Waals surface area contributed by atoms with Crippen molar-refractivity contribution < 1.29 is 0 Å². The van der Waals surface area contributed by atoms with Crippen molar-refractivity contribution in [1.82, 2.24) is 5.32 Å². The van der Waals surface area contributed by atoms with Crippen LogP contribution in [0.4, 0.5) is 0 Å². The molecule has 0 bridgehead atoms. The quantitative estimate of drug-likeness (QED) is 0.613. The molecule has 1 aliphatic carbocycles. The molecule has 1 N–H and O–H groups in total.